The first-order valence-electron chi connectivity index (χ1n) is 7.21. The van der Waals surface area contributed by atoms with Crippen LogP contribution in [0.4, 0.5) is 0 Å². The van der Waals surface area contributed by atoms with Crippen molar-refractivity contribution in [3.8, 4) is 5.75 Å². The zero-order valence-corrected chi connectivity index (χ0v) is 12.3. The van der Waals surface area contributed by atoms with Crippen molar-refractivity contribution in [2.45, 2.75) is 24.9 Å². The van der Waals surface area contributed by atoms with Gasteiger partial charge in [-0.05, 0) is 42.5 Å². The highest BCUT2D eigenvalue weighted by Crippen LogP contribution is 2.36. The van der Waals surface area contributed by atoms with Gasteiger partial charge >= 0.3 is 0 Å². The van der Waals surface area contributed by atoms with Crippen molar-refractivity contribution in [2.24, 2.45) is 0 Å². The number of aliphatic hydroxyl groups is 1. The fourth-order valence-electron chi connectivity index (χ4n) is 2.89. The van der Waals surface area contributed by atoms with E-state index in [9.17, 15) is 9.90 Å². The fraction of sp³-hybridized carbons (Fsp3) is 0.375. The summed E-state index contributed by atoms with van der Waals surface area (Å²) in [4.78, 5) is 11.9. The van der Waals surface area contributed by atoms with Crippen LogP contribution in [0.15, 0.2) is 35.0 Å². The Labute approximate surface area is 128 Å². The van der Waals surface area contributed by atoms with Crippen molar-refractivity contribution in [3.05, 3.63) is 47.3 Å². The molecule has 0 saturated carbocycles. The molecule has 6 nitrogen and oxygen atoms in total. The molecule has 0 fully saturated rings. The Morgan fingerprint density at radius 1 is 1.50 bits per heavy atom. The van der Waals surface area contributed by atoms with Crippen molar-refractivity contribution < 1.29 is 19.2 Å². The maximum absolute atomic E-state index is 11.9. The largest absolute Gasteiger partial charge is 0.497 e. The number of hydrogen-bond donors (Lipinski definition) is 2. The quantitative estimate of drug-likeness (QED) is 0.897. The van der Waals surface area contributed by atoms with Gasteiger partial charge in [0.25, 0.3) is 5.91 Å². The Kier molecular flexibility index (Phi) is 3.85. The van der Waals surface area contributed by atoms with Crippen LogP contribution in [0.2, 0.25) is 0 Å². The van der Waals surface area contributed by atoms with Gasteiger partial charge in [0.15, 0.2) is 0 Å². The first-order valence-corrected chi connectivity index (χ1v) is 7.21. The minimum Gasteiger partial charge on any atom is -0.497 e. The second-order valence-corrected chi connectivity index (χ2v) is 5.47. The summed E-state index contributed by atoms with van der Waals surface area (Å²) in [5.74, 6) is 0.523. The molecule has 0 saturated heterocycles. The number of carbonyl (C=O) groups is 1. The number of carbonyl (C=O) groups excluding carboxylic acids is 1. The van der Waals surface area contributed by atoms with E-state index >= 15 is 0 Å². The first kappa shape index (κ1) is 14.6. The van der Waals surface area contributed by atoms with E-state index in [0.29, 0.717) is 6.42 Å². The Morgan fingerprint density at radius 3 is 3.09 bits per heavy atom. The summed E-state index contributed by atoms with van der Waals surface area (Å²) in [5.41, 5.74) is 0.828. The molecule has 2 aromatic rings. The highest BCUT2D eigenvalue weighted by atomic mass is 16.5. The van der Waals surface area contributed by atoms with Crippen LogP contribution >= 0.6 is 0 Å². The van der Waals surface area contributed by atoms with Crippen molar-refractivity contribution in [1.82, 2.24) is 10.5 Å². The zero-order chi connectivity index (χ0) is 15.6. The van der Waals surface area contributed by atoms with E-state index in [2.05, 4.69) is 10.5 Å². The average molecular weight is 302 g/mol. The van der Waals surface area contributed by atoms with Crippen LogP contribution in [-0.2, 0) is 12.0 Å². The lowest BCUT2D eigenvalue weighted by Crippen LogP contribution is -2.42. The van der Waals surface area contributed by atoms with Crippen molar-refractivity contribution >= 4 is 5.91 Å². The third kappa shape index (κ3) is 2.69. The first-order chi connectivity index (χ1) is 10.6. The number of hydrogen-bond acceptors (Lipinski definition) is 5. The second kappa shape index (κ2) is 5.81. The van der Waals surface area contributed by atoms with Crippen LogP contribution in [-0.4, -0.2) is 29.8 Å². The number of benzene rings is 1. The molecule has 2 N–H and O–H groups in total. The number of nitrogens with zero attached hydrogens (tertiary/aromatic N) is 1. The van der Waals surface area contributed by atoms with Crippen molar-refractivity contribution in [3.63, 3.8) is 0 Å². The Hall–Kier alpha value is -2.34. The lowest BCUT2D eigenvalue weighted by molar-refractivity contribution is 0.0185. The van der Waals surface area contributed by atoms with Crippen LogP contribution < -0.4 is 10.1 Å². The minimum atomic E-state index is -1.07. The average Bonchev–Trinajstić information content (AvgIpc) is 3.07. The molecule has 1 unspecified atom stereocenters. The van der Waals surface area contributed by atoms with Crippen LogP contribution in [0.5, 0.6) is 5.75 Å². The molecule has 0 bridgehead atoms. The van der Waals surface area contributed by atoms with Crippen molar-refractivity contribution in [2.75, 3.05) is 13.7 Å². The molecule has 1 atom stereocenters. The van der Waals surface area contributed by atoms with E-state index in [1.165, 1.54) is 12.3 Å². The number of methoxy groups -OCH3 is 1. The molecule has 1 aliphatic carbocycles. The zero-order valence-electron chi connectivity index (χ0n) is 12.3. The van der Waals surface area contributed by atoms with Crippen LogP contribution in [0, 0.1) is 0 Å². The molecule has 0 radical (unpaired) electrons. The summed E-state index contributed by atoms with van der Waals surface area (Å²) in [6.45, 7) is 0.131. The van der Waals surface area contributed by atoms with E-state index in [1.54, 1.807) is 7.11 Å². The van der Waals surface area contributed by atoms with E-state index in [-0.39, 0.29) is 18.2 Å². The summed E-state index contributed by atoms with van der Waals surface area (Å²) in [5, 5.41) is 17.1. The Balaban J connectivity index is 1.78. The maximum atomic E-state index is 11.9. The molecule has 0 spiro atoms. The molecule has 1 aromatic carbocycles. The van der Waals surface area contributed by atoms with Crippen LogP contribution in [0.25, 0.3) is 0 Å². The molecule has 0 aliphatic heterocycles. The maximum Gasteiger partial charge on any atom is 0.290 e. The Bertz CT molecular complexity index is 669. The number of rotatable bonds is 4. The topological polar surface area (TPSA) is 84.6 Å². The molecule has 3 rings (SSSR count). The number of ether oxygens (including phenoxy) is 1. The number of aryl methyl sites for hydroxylation is 1. The third-order valence-electron chi connectivity index (χ3n) is 4.05. The molecule has 116 valence electrons. The predicted octanol–water partition coefficient (Wildman–Crippen LogP) is 1.64. The lowest BCUT2D eigenvalue weighted by Gasteiger charge is -2.34. The van der Waals surface area contributed by atoms with Gasteiger partial charge in [-0.3, -0.25) is 4.79 Å². The van der Waals surface area contributed by atoms with E-state index < -0.39 is 5.60 Å². The third-order valence-corrected chi connectivity index (χ3v) is 4.05. The summed E-state index contributed by atoms with van der Waals surface area (Å²) in [7, 11) is 1.62. The van der Waals surface area contributed by atoms with Gasteiger partial charge in [-0.25, -0.2) is 0 Å². The molecule has 1 aliphatic rings. The molecule has 6 heteroatoms. The summed E-state index contributed by atoms with van der Waals surface area (Å²) in [6, 6.07) is 7.12. The normalized spacial score (nSPS) is 20.3. The number of fused-ring (bicyclic) bond motifs is 1. The highest BCUT2D eigenvalue weighted by Gasteiger charge is 2.35. The molecular weight excluding hydrogens is 284 g/mol. The van der Waals surface area contributed by atoms with Crippen LogP contribution in [0.1, 0.15) is 34.5 Å². The SMILES string of the molecule is COc1ccc2c(c1)CCCC2(O)CNC(=O)c1ccno1. The number of aromatic nitrogens is 1. The Morgan fingerprint density at radius 2 is 2.36 bits per heavy atom. The van der Waals surface area contributed by atoms with Gasteiger partial charge < -0.3 is 19.7 Å². The van der Waals surface area contributed by atoms with Gasteiger partial charge in [0.05, 0.1) is 19.9 Å². The van der Waals surface area contributed by atoms with Gasteiger partial charge in [0.2, 0.25) is 5.76 Å². The van der Waals surface area contributed by atoms with Crippen molar-refractivity contribution in [1.29, 1.82) is 0 Å². The molecule has 1 amide bonds. The standard InChI is InChI=1S/C16H18N2O4/c1-21-12-4-5-13-11(9-12)3-2-7-16(13,20)10-17-15(19)14-6-8-18-22-14/h4-6,8-9,20H,2-3,7,10H2,1H3,(H,17,19). The van der Waals surface area contributed by atoms with Gasteiger partial charge in [0.1, 0.15) is 11.4 Å². The predicted molar refractivity (Wildman–Crippen MR) is 78.7 cm³/mol. The summed E-state index contributed by atoms with van der Waals surface area (Å²) < 4.78 is 10.0. The van der Waals surface area contributed by atoms with E-state index in [0.717, 1.165) is 29.7 Å². The highest BCUT2D eigenvalue weighted by molar-refractivity contribution is 5.91. The summed E-state index contributed by atoms with van der Waals surface area (Å²) >= 11 is 0. The van der Waals surface area contributed by atoms with Gasteiger partial charge in [0, 0.05) is 6.07 Å². The van der Waals surface area contributed by atoms with Crippen LogP contribution in [0.3, 0.4) is 0 Å². The van der Waals surface area contributed by atoms with Gasteiger partial charge in [-0.2, -0.15) is 0 Å². The molecule has 1 aromatic heterocycles. The van der Waals surface area contributed by atoms with Gasteiger partial charge in [-0.15, -0.1) is 0 Å². The number of amides is 1. The summed E-state index contributed by atoms with van der Waals surface area (Å²) in [6.07, 6.45) is 3.76. The van der Waals surface area contributed by atoms with Gasteiger partial charge in [-0.1, -0.05) is 11.2 Å². The minimum absolute atomic E-state index is 0.131. The number of nitrogens with one attached hydrogen (secondary N) is 1. The fourth-order valence-corrected chi connectivity index (χ4v) is 2.89. The molecule has 1 heterocycles. The monoisotopic (exact) mass is 302 g/mol. The van der Waals surface area contributed by atoms with E-state index in [1.807, 2.05) is 18.2 Å². The lowest BCUT2D eigenvalue weighted by atomic mass is 9.79. The molecule has 22 heavy (non-hydrogen) atoms. The van der Waals surface area contributed by atoms with E-state index in [4.69, 9.17) is 9.26 Å². The second-order valence-electron chi connectivity index (χ2n) is 5.47. The smallest absolute Gasteiger partial charge is 0.290 e. The molecular formula is C16H18N2O4.